The maximum Gasteiger partial charge on any atom is 0.255 e. The Morgan fingerprint density at radius 1 is 1.09 bits per heavy atom. The minimum atomic E-state index is -0.0665. The van der Waals surface area contributed by atoms with Gasteiger partial charge in [0.15, 0.2) is 0 Å². The molecule has 2 aromatic rings. The number of benzene rings is 2. The van der Waals surface area contributed by atoms with Crippen molar-refractivity contribution in [3.63, 3.8) is 0 Å². The van der Waals surface area contributed by atoms with Crippen LogP contribution in [0.25, 0.3) is 0 Å². The van der Waals surface area contributed by atoms with Crippen LogP contribution in [0.2, 0.25) is 0 Å². The van der Waals surface area contributed by atoms with Gasteiger partial charge in [0, 0.05) is 18.7 Å². The van der Waals surface area contributed by atoms with Gasteiger partial charge in [0.05, 0.1) is 24.6 Å². The van der Waals surface area contributed by atoms with E-state index in [0.29, 0.717) is 5.56 Å². The van der Waals surface area contributed by atoms with Crippen molar-refractivity contribution >= 4 is 17.3 Å². The predicted molar refractivity (Wildman–Crippen MR) is 93.3 cm³/mol. The van der Waals surface area contributed by atoms with E-state index in [1.807, 2.05) is 56.3 Å². The van der Waals surface area contributed by atoms with Gasteiger partial charge < -0.3 is 15.0 Å². The van der Waals surface area contributed by atoms with Crippen molar-refractivity contribution in [3.8, 4) is 0 Å². The Morgan fingerprint density at radius 2 is 1.83 bits per heavy atom. The highest BCUT2D eigenvalue weighted by molar-refractivity contribution is 6.06. The standard InChI is InChI=1S/C19H22N2O2/c1-14-7-8-16(15(2)13-14)19(22)20-17-5-3-4-6-18(17)21-9-11-23-12-10-21/h3-8,13H,9-12H2,1-2H3,(H,20,22). The molecule has 2 aromatic carbocycles. The molecule has 120 valence electrons. The summed E-state index contributed by atoms with van der Waals surface area (Å²) in [6, 6.07) is 13.8. The fourth-order valence-corrected chi connectivity index (χ4v) is 2.92. The molecule has 0 unspecified atom stereocenters. The third-order valence-electron chi connectivity index (χ3n) is 4.13. The summed E-state index contributed by atoms with van der Waals surface area (Å²) < 4.78 is 5.41. The number of rotatable bonds is 3. The van der Waals surface area contributed by atoms with Crippen molar-refractivity contribution < 1.29 is 9.53 Å². The van der Waals surface area contributed by atoms with Gasteiger partial charge in [0.1, 0.15) is 0 Å². The van der Waals surface area contributed by atoms with E-state index in [1.165, 1.54) is 0 Å². The second-order valence-corrected chi connectivity index (χ2v) is 5.89. The van der Waals surface area contributed by atoms with Crippen molar-refractivity contribution in [2.75, 3.05) is 36.5 Å². The predicted octanol–water partition coefficient (Wildman–Crippen LogP) is 3.39. The molecule has 23 heavy (non-hydrogen) atoms. The molecule has 1 heterocycles. The first-order valence-corrected chi connectivity index (χ1v) is 7.95. The number of ether oxygens (including phenoxy) is 1. The Kier molecular flexibility index (Phi) is 4.63. The van der Waals surface area contributed by atoms with E-state index in [2.05, 4.69) is 10.2 Å². The normalized spacial score (nSPS) is 14.6. The van der Waals surface area contributed by atoms with Crippen LogP contribution in [0, 0.1) is 13.8 Å². The maximum absolute atomic E-state index is 12.6. The lowest BCUT2D eigenvalue weighted by Crippen LogP contribution is -2.36. The van der Waals surface area contributed by atoms with Gasteiger partial charge in [-0.2, -0.15) is 0 Å². The molecule has 4 heteroatoms. The number of morpholine rings is 1. The summed E-state index contributed by atoms with van der Waals surface area (Å²) >= 11 is 0. The first-order chi connectivity index (χ1) is 11.1. The van der Waals surface area contributed by atoms with Gasteiger partial charge >= 0.3 is 0 Å². The SMILES string of the molecule is Cc1ccc(C(=O)Nc2ccccc2N2CCOCC2)c(C)c1. The molecule has 0 atom stereocenters. The highest BCUT2D eigenvalue weighted by Gasteiger charge is 2.16. The Bertz CT molecular complexity index is 706. The van der Waals surface area contributed by atoms with Crippen LogP contribution in [-0.4, -0.2) is 32.2 Å². The van der Waals surface area contributed by atoms with E-state index in [4.69, 9.17) is 4.74 Å². The topological polar surface area (TPSA) is 41.6 Å². The second kappa shape index (κ2) is 6.84. The summed E-state index contributed by atoms with van der Waals surface area (Å²) in [5, 5.41) is 3.06. The highest BCUT2D eigenvalue weighted by atomic mass is 16.5. The van der Waals surface area contributed by atoms with Crippen LogP contribution in [0.4, 0.5) is 11.4 Å². The van der Waals surface area contributed by atoms with Crippen LogP contribution in [0.5, 0.6) is 0 Å². The highest BCUT2D eigenvalue weighted by Crippen LogP contribution is 2.27. The van der Waals surface area contributed by atoms with Crippen LogP contribution in [0.3, 0.4) is 0 Å². The fraction of sp³-hybridized carbons (Fsp3) is 0.316. The first-order valence-electron chi connectivity index (χ1n) is 7.95. The summed E-state index contributed by atoms with van der Waals surface area (Å²) in [6.45, 7) is 7.13. The van der Waals surface area contributed by atoms with E-state index in [9.17, 15) is 4.79 Å². The number of hydrogen-bond acceptors (Lipinski definition) is 3. The van der Waals surface area contributed by atoms with Crippen molar-refractivity contribution in [3.05, 3.63) is 59.2 Å². The summed E-state index contributed by atoms with van der Waals surface area (Å²) in [4.78, 5) is 14.9. The second-order valence-electron chi connectivity index (χ2n) is 5.89. The molecule has 1 amide bonds. The number of carbonyl (C=O) groups excluding carboxylic acids is 1. The zero-order valence-electron chi connectivity index (χ0n) is 13.6. The summed E-state index contributed by atoms with van der Waals surface area (Å²) in [5.74, 6) is -0.0665. The molecule has 1 fully saturated rings. The number of amides is 1. The van der Waals surface area contributed by atoms with Crippen molar-refractivity contribution in [2.45, 2.75) is 13.8 Å². The molecule has 0 radical (unpaired) electrons. The van der Waals surface area contributed by atoms with E-state index in [1.54, 1.807) is 0 Å². The Hall–Kier alpha value is -2.33. The maximum atomic E-state index is 12.6. The molecule has 0 spiro atoms. The summed E-state index contributed by atoms with van der Waals surface area (Å²) in [5.41, 5.74) is 4.76. The number of hydrogen-bond donors (Lipinski definition) is 1. The van der Waals surface area contributed by atoms with Gasteiger partial charge in [0.2, 0.25) is 0 Å². The largest absolute Gasteiger partial charge is 0.378 e. The summed E-state index contributed by atoms with van der Waals surface area (Å²) in [7, 11) is 0. The smallest absolute Gasteiger partial charge is 0.255 e. The molecule has 1 N–H and O–H groups in total. The minimum absolute atomic E-state index is 0.0665. The number of para-hydroxylation sites is 2. The van der Waals surface area contributed by atoms with Crippen LogP contribution in [-0.2, 0) is 4.74 Å². The molecule has 0 bridgehead atoms. The van der Waals surface area contributed by atoms with Crippen LogP contribution in [0.15, 0.2) is 42.5 Å². The number of anilines is 2. The lowest BCUT2D eigenvalue weighted by molar-refractivity contribution is 0.102. The van der Waals surface area contributed by atoms with Crippen molar-refractivity contribution in [1.29, 1.82) is 0 Å². The molecular formula is C19H22N2O2. The van der Waals surface area contributed by atoms with Gasteiger partial charge in [-0.05, 0) is 37.6 Å². The molecular weight excluding hydrogens is 288 g/mol. The number of nitrogens with zero attached hydrogens (tertiary/aromatic N) is 1. The third-order valence-corrected chi connectivity index (χ3v) is 4.13. The molecule has 0 aromatic heterocycles. The molecule has 1 saturated heterocycles. The average Bonchev–Trinajstić information content (AvgIpc) is 2.56. The Morgan fingerprint density at radius 3 is 2.57 bits per heavy atom. The average molecular weight is 310 g/mol. The molecule has 1 aliphatic heterocycles. The lowest BCUT2D eigenvalue weighted by Gasteiger charge is -2.30. The Balaban J connectivity index is 1.83. The molecule has 0 saturated carbocycles. The van der Waals surface area contributed by atoms with E-state index < -0.39 is 0 Å². The van der Waals surface area contributed by atoms with E-state index in [0.717, 1.165) is 48.8 Å². The molecule has 0 aliphatic carbocycles. The number of carbonyl (C=O) groups is 1. The molecule has 1 aliphatic rings. The van der Waals surface area contributed by atoms with E-state index in [-0.39, 0.29) is 5.91 Å². The van der Waals surface area contributed by atoms with Crippen LogP contribution in [0.1, 0.15) is 21.5 Å². The number of nitrogens with one attached hydrogen (secondary N) is 1. The van der Waals surface area contributed by atoms with Gasteiger partial charge in [-0.1, -0.05) is 29.8 Å². The lowest BCUT2D eigenvalue weighted by atomic mass is 10.0. The number of aryl methyl sites for hydroxylation is 2. The van der Waals surface area contributed by atoms with Crippen LogP contribution < -0.4 is 10.2 Å². The van der Waals surface area contributed by atoms with E-state index >= 15 is 0 Å². The third kappa shape index (κ3) is 3.54. The molecule has 4 nitrogen and oxygen atoms in total. The quantitative estimate of drug-likeness (QED) is 0.945. The van der Waals surface area contributed by atoms with Crippen LogP contribution >= 0.6 is 0 Å². The minimum Gasteiger partial charge on any atom is -0.378 e. The van der Waals surface area contributed by atoms with Gasteiger partial charge in [-0.25, -0.2) is 0 Å². The van der Waals surface area contributed by atoms with Crippen molar-refractivity contribution in [2.24, 2.45) is 0 Å². The fourth-order valence-electron chi connectivity index (χ4n) is 2.92. The summed E-state index contributed by atoms with van der Waals surface area (Å²) in [6.07, 6.45) is 0. The van der Waals surface area contributed by atoms with Gasteiger partial charge in [-0.15, -0.1) is 0 Å². The molecule has 3 rings (SSSR count). The first kappa shape index (κ1) is 15.6. The Labute approximate surface area is 137 Å². The zero-order chi connectivity index (χ0) is 16.2. The van der Waals surface area contributed by atoms with Gasteiger partial charge in [-0.3, -0.25) is 4.79 Å². The zero-order valence-corrected chi connectivity index (χ0v) is 13.6. The van der Waals surface area contributed by atoms with Crippen molar-refractivity contribution in [1.82, 2.24) is 0 Å². The van der Waals surface area contributed by atoms with Gasteiger partial charge in [0.25, 0.3) is 5.91 Å². The monoisotopic (exact) mass is 310 g/mol.